The highest BCUT2D eigenvalue weighted by atomic mass is 127. The molecule has 0 aliphatic carbocycles. The molecule has 1 aromatic rings. The number of likely N-dealkylation sites (tertiary alicyclic amines) is 1. The van der Waals surface area contributed by atoms with Gasteiger partial charge in [-0.3, -0.25) is 9.79 Å². The Morgan fingerprint density at radius 1 is 1.44 bits per heavy atom. The summed E-state index contributed by atoms with van der Waals surface area (Å²) in [4.78, 5) is 24.4. The minimum atomic E-state index is -0.0572. The van der Waals surface area contributed by atoms with E-state index in [0.717, 1.165) is 56.4 Å². The maximum atomic E-state index is 11.8. The van der Waals surface area contributed by atoms with E-state index in [9.17, 15) is 4.79 Å². The molecule has 142 valence electrons. The minimum Gasteiger partial charge on any atom is -0.466 e. The van der Waals surface area contributed by atoms with Crippen molar-refractivity contribution in [2.75, 3.05) is 32.8 Å². The molecule has 0 spiro atoms. The fraction of sp³-hybridized carbons (Fsp3) is 0.706. The Bertz CT molecular complexity index is 557. The van der Waals surface area contributed by atoms with Crippen molar-refractivity contribution in [3.8, 4) is 0 Å². The number of aliphatic imine (C=N–C) groups is 1. The number of ether oxygens (including phenoxy) is 1. The first kappa shape index (κ1) is 22.1. The van der Waals surface area contributed by atoms with E-state index in [1.807, 2.05) is 13.1 Å². The normalized spacial score (nSPS) is 15.6. The van der Waals surface area contributed by atoms with Crippen molar-refractivity contribution in [1.82, 2.24) is 15.2 Å². The number of aromatic nitrogens is 1. The van der Waals surface area contributed by atoms with Crippen LogP contribution in [0, 0.1) is 12.8 Å². The molecular formula is C17H29IN4O2S. The van der Waals surface area contributed by atoms with Gasteiger partial charge in [-0.15, -0.1) is 35.3 Å². The molecule has 0 saturated carbocycles. The third-order valence-electron chi connectivity index (χ3n) is 4.01. The summed E-state index contributed by atoms with van der Waals surface area (Å²) < 4.78 is 5.13. The molecule has 0 bridgehead atoms. The SMILES string of the molecule is CCNC(=NCCc1ncc(C)s1)N1CCC(C(=O)OCC)CC1.I. The number of carbonyl (C=O) groups excluding carboxylic acids is 1. The van der Waals surface area contributed by atoms with Crippen molar-refractivity contribution < 1.29 is 9.53 Å². The van der Waals surface area contributed by atoms with E-state index in [4.69, 9.17) is 9.73 Å². The molecule has 1 saturated heterocycles. The average molecular weight is 480 g/mol. The molecule has 0 unspecified atom stereocenters. The van der Waals surface area contributed by atoms with Gasteiger partial charge in [-0.05, 0) is 33.6 Å². The molecule has 0 aromatic carbocycles. The number of hydrogen-bond acceptors (Lipinski definition) is 5. The number of halogens is 1. The molecular weight excluding hydrogens is 451 g/mol. The molecule has 6 nitrogen and oxygen atoms in total. The van der Waals surface area contributed by atoms with Crippen LogP contribution in [0.1, 0.15) is 36.6 Å². The number of hydrogen-bond donors (Lipinski definition) is 1. The van der Waals surface area contributed by atoms with Crippen LogP contribution in [0.2, 0.25) is 0 Å². The number of esters is 1. The van der Waals surface area contributed by atoms with Crippen LogP contribution >= 0.6 is 35.3 Å². The summed E-state index contributed by atoms with van der Waals surface area (Å²) in [5, 5.41) is 4.49. The predicted octanol–water partition coefficient (Wildman–Crippen LogP) is 2.85. The first-order chi connectivity index (χ1) is 11.6. The Kier molecular flexibility index (Phi) is 10.3. The second kappa shape index (κ2) is 11.7. The number of guanidine groups is 1. The Morgan fingerprint density at radius 3 is 2.72 bits per heavy atom. The van der Waals surface area contributed by atoms with Crippen molar-refractivity contribution in [2.45, 2.75) is 40.0 Å². The standard InChI is InChI=1S/C17H28N4O2S.HI/c1-4-18-17(19-9-6-15-20-12-13(3)24-15)21-10-7-14(8-11-21)16(22)23-5-2;/h12,14H,4-11H2,1-3H3,(H,18,19);1H. The summed E-state index contributed by atoms with van der Waals surface area (Å²) in [5.74, 6) is 0.911. The molecule has 2 rings (SSSR count). The van der Waals surface area contributed by atoms with Gasteiger partial charge in [-0.2, -0.15) is 0 Å². The molecule has 1 N–H and O–H groups in total. The van der Waals surface area contributed by atoms with Gasteiger partial charge in [0, 0.05) is 43.7 Å². The average Bonchev–Trinajstić information content (AvgIpc) is 3.00. The molecule has 0 atom stereocenters. The smallest absolute Gasteiger partial charge is 0.309 e. The van der Waals surface area contributed by atoms with Crippen LogP contribution in [-0.4, -0.2) is 54.6 Å². The molecule has 0 amide bonds. The number of nitrogens with one attached hydrogen (secondary N) is 1. The van der Waals surface area contributed by atoms with E-state index in [1.54, 1.807) is 11.3 Å². The summed E-state index contributed by atoms with van der Waals surface area (Å²) in [5.41, 5.74) is 0. The van der Waals surface area contributed by atoms with Gasteiger partial charge in [0.15, 0.2) is 5.96 Å². The van der Waals surface area contributed by atoms with E-state index < -0.39 is 0 Å². The molecule has 8 heteroatoms. The predicted molar refractivity (Wildman–Crippen MR) is 113 cm³/mol. The van der Waals surface area contributed by atoms with Gasteiger partial charge in [0.05, 0.1) is 17.5 Å². The van der Waals surface area contributed by atoms with Crippen LogP contribution in [0.5, 0.6) is 0 Å². The number of rotatable bonds is 6. The van der Waals surface area contributed by atoms with Crippen LogP contribution in [0.3, 0.4) is 0 Å². The summed E-state index contributed by atoms with van der Waals surface area (Å²) in [7, 11) is 0. The number of piperidine rings is 1. The van der Waals surface area contributed by atoms with Gasteiger partial charge in [-0.1, -0.05) is 0 Å². The first-order valence-electron chi connectivity index (χ1n) is 8.75. The summed E-state index contributed by atoms with van der Waals surface area (Å²) in [6.07, 6.45) is 4.44. The molecule has 0 radical (unpaired) electrons. The zero-order valence-corrected chi connectivity index (χ0v) is 18.4. The van der Waals surface area contributed by atoms with Crippen LogP contribution in [-0.2, 0) is 16.0 Å². The summed E-state index contributed by atoms with van der Waals surface area (Å²) in [6.45, 7) is 9.71. The number of aryl methyl sites for hydroxylation is 1. The van der Waals surface area contributed by atoms with E-state index >= 15 is 0 Å². The fourth-order valence-electron chi connectivity index (χ4n) is 2.79. The van der Waals surface area contributed by atoms with Gasteiger partial charge in [0.1, 0.15) is 0 Å². The van der Waals surface area contributed by atoms with Crippen LogP contribution in [0.25, 0.3) is 0 Å². The van der Waals surface area contributed by atoms with Crippen molar-refractivity contribution in [2.24, 2.45) is 10.9 Å². The zero-order valence-electron chi connectivity index (χ0n) is 15.3. The van der Waals surface area contributed by atoms with Crippen molar-refractivity contribution in [3.63, 3.8) is 0 Å². The largest absolute Gasteiger partial charge is 0.466 e. The molecule has 1 fully saturated rings. The second-order valence-corrected chi connectivity index (χ2v) is 7.18. The van der Waals surface area contributed by atoms with Gasteiger partial charge >= 0.3 is 5.97 Å². The molecule has 1 aliphatic rings. The topological polar surface area (TPSA) is 66.8 Å². The van der Waals surface area contributed by atoms with Crippen molar-refractivity contribution in [3.05, 3.63) is 16.1 Å². The number of nitrogens with zero attached hydrogens (tertiary/aromatic N) is 3. The Labute approximate surface area is 171 Å². The maximum Gasteiger partial charge on any atom is 0.309 e. The quantitative estimate of drug-likeness (QED) is 0.294. The Balaban J connectivity index is 0.00000312. The molecule has 1 aromatic heterocycles. The molecule has 1 aliphatic heterocycles. The summed E-state index contributed by atoms with van der Waals surface area (Å²) >= 11 is 1.73. The monoisotopic (exact) mass is 480 g/mol. The molecule has 2 heterocycles. The van der Waals surface area contributed by atoms with Gasteiger partial charge in [0.25, 0.3) is 0 Å². The highest BCUT2D eigenvalue weighted by Gasteiger charge is 2.27. The van der Waals surface area contributed by atoms with Crippen molar-refractivity contribution >= 4 is 47.2 Å². The van der Waals surface area contributed by atoms with Gasteiger partial charge < -0.3 is 15.0 Å². The van der Waals surface area contributed by atoms with Crippen LogP contribution < -0.4 is 5.32 Å². The second-order valence-electron chi connectivity index (χ2n) is 5.86. The number of thiazole rings is 1. The van der Waals surface area contributed by atoms with E-state index in [-0.39, 0.29) is 35.9 Å². The lowest BCUT2D eigenvalue weighted by Crippen LogP contribution is -2.46. The van der Waals surface area contributed by atoms with E-state index in [2.05, 4.69) is 29.0 Å². The minimum absolute atomic E-state index is 0. The highest BCUT2D eigenvalue weighted by molar-refractivity contribution is 14.0. The van der Waals surface area contributed by atoms with Crippen LogP contribution in [0.4, 0.5) is 0 Å². The highest BCUT2D eigenvalue weighted by Crippen LogP contribution is 2.19. The van der Waals surface area contributed by atoms with E-state index in [1.165, 1.54) is 4.88 Å². The lowest BCUT2D eigenvalue weighted by atomic mass is 9.97. The first-order valence-corrected chi connectivity index (χ1v) is 9.56. The zero-order chi connectivity index (χ0) is 17.4. The van der Waals surface area contributed by atoms with E-state index in [0.29, 0.717) is 6.61 Å². The Hall–Kier alpha value is -0.900. The van der Waals surface area contributed by atoms with Crippen LogP contribution in [0.15, 0.2) is 11.2 Å². The third-order valence-corrected chi connectivity index (χ3v) is 4.98. The summed E-state index contributed by atoms with van der Waals surface area (Å²) in [6, 6.07) is 0. The lowest BCUT2D eigenvalue weighted by Gasteiger charge is -2.33. The fourth-order valence-corrected chi connectivity index (χ4v) is 3.56. The van der Waals surface area contributed by atoms with Gasteiger partial charge in [-0.25, -0.2) is 4.98 Å². The lowest BCUT2D eigenvalue weighted by molar-refractivity contribution is -0.149. The third kappa shape index (κ3) is 7.08. The maximum absolute atomic E-state index is 11.8. The number of carbonyl (C=O) groups is 1. The molecule has 25 heavy (non-hydrogen) atoms. The van der Waals surface area contributed by atoms with Crippen molar-refractivity contribution in [1.29, 1.82) is 0 Å². The Morgan fingerprint density at radius 2 is 2.16 bits per heavy atom. The van der Waals surface area contributed by atoms with Gasteiger partial charge in [0.2, 0.25) is 0 Å².